The van der Waals surface area contributed by atoms with Gasteiger partial charge in [-0.05, 0) is 42.9 Å². The van der Waals surface area contributed by atoms with Crippen molar-refractivity contribution in [3.8, 4) is 0 Å². The van der Waals surface area contributed by atoms with E-state index in [0.717, 1.165) is 13.0 Å². The zero-order valence-electron chi connectivity index (χ0n) is 9.95. The highest BCUT2D eigenvalue weighted by molar-refractivity contribution is 5.34. The molecule has 0 aromatic heterocycles. The Labute approximate surface area is 97.7 Å². The summed E-state index contributed by atoms with van der Waals surface area (Å²) in [5.74, 6) is 0.687. The molecule has 0 aliphatic heterocycles. The first-order valence-corrected chi connectivity index (χ1v) is 6.26. The zero-order valence-corrected chi connectivity index (χ0v) is 9.95. The zero-order chi connectivity index (χ0) is 11.4. The molecule has 0 heterocycles. The molecule has 0 amide bonds. The van der Waals surface area contributed by atoms with E-state index >= 15 is 0 Å². The molecule has 0 saturated heterocycles. The van der Waals surface area contributed by atoms with Crippen molar-refractivity contribution in [1.82, 2.24) is 5.32 Å². The number of fused-ring (bicyclic) bond motifs is 1. The Morgan fingerprint density at radius 2 is 2.00 bits per heavy atom. The van der Waals surface area contributed by atoms with Crippen LogP contribution in [0.5, 0.6) is 0 Å². The predicted molar refractivity (Wildman–Crippen MR) is 66.5 cm³/mol. The van der Waals surface area contributed by atoms with Gasteiger partial charge in [0.05, 0.1) is 0 Å². The number of aliphatic hydroxyl groups excluding tert-OH is 1. The van der Waals surface area contributed by atoms with Gasteiger partial charge in [0.15, 0.2) is 0 Å². The minimum Gasteiger partial charge on any atom is -0.396 e. The standard InChI is InChI=1S/C14H21NO/c1-11-7-8-14(15-9-4-10-16)13-6-3-2-5-12(11)13/h2-3,5-6,11,14-16H,4,7-10H2,1H3. The summed E-state index contributed by atoms with van der Waals surface area (Å²) in [7, 11) is 0. The van der Waals surface area contributed by atoms with Crippen LogP contribution in [0.3, 0.4) is 0 Å². The van der Waals surface area contributed by atoms with E-state index in [1.807, 2.05) is 0 Å². The minimum absolute atomic E-state index is 0.276. The van der Waals surface area contributed by atoms with Crippen molar-refractivity contribution < 1.29 is 5.11 Å². The van der Waals surface area contributed by atoms with Crippen LogP contribution in [0.25, 0.3) is 0 Å². The lowest BCUT2D eigenvalue weighted by atomic mass is 9.81. The van der Waals surface area contributed by atoms with Crippen LogP contribution in [0.4, 0.5) is 0 Å². The molecule has 1 aromatic rings. The van der Waals surface area contributed by atoms with Gasteiger partial charge in [0.1, 0.15) is 0 Å². The second-order valence-corrected chi connectivity index (χ2v) is 4.69. The molecular weight excluding hydrogens is 198 g/mol. The van der Waals surface area contributed by atoms with Gasteiger partial charge in [0, 0.05) is 12.6 Å². The average Bonchev–Trinajstić information content (AvgIpc) is 2.33. The third-order valence-corrected chi connectivity index (χ3v) is 3.52. The highest BCUT2D eigenvalue weighted by Gasteiger charge is 2.23. The summed E-state index contributed by atoms with van der Waals surface area (Å²) in [6, 6.07) is 9.23. The number of benzene rings is 1. The Bertz CT molecular complexity index is 337. The Hall–Kier alpha value is -0.860. The molecule has 0 bridgehead atoms. The van der Waals surface area contributed by atoms with Gasteiger partial charge in [-0.3, -0.25) is 0 Å². The summed E-state index contributed by atoms with van der Waals surface area (Å²) < 4.78 is 0. The first-order chi connectivity index (χ1) is 7.83. The topological polar surface area (TPSA) is 32.3 Å². The Balaban J connectivity index is 2.09. The van der Waals surface area contributed by atoms with Gasteiger partial charge in [-0.15, -0.1) is 0 Å². The van der Waals surface area contributed by atoms with Crippen molar-refractivity contribution in [3.63, 3.8) is 0 Å². The van der Waals surface area contributed by atoms with Gasteiger partial charge in [0.25, 0.3) is 0 Å². The summed E-state index contributed by atoms with van der Waals surface area (Å²) in [6.07, 6.45) is 3.31. The Morgan fingerprint density at radius 1 is 1.25 bits per heavy atom. The predicted octanol–water partition coefficient (Wildman–Crippen LogP) is 2.60. The van der Waals surface area contributed by atoms with E-state index in [9.17, 15) is 0 Å². The highest BCUT2D eigenvalue weighted by atomic mass is 16.3. The first-order valence-electron chi connectivity index (χ1n) is 6.26. The molecule has 0 fully saturated rings. The maximum atomic E-state index is 8.79. The SMILES string of the molecule is CC1CCC(NCCCO)c2ccccc21. The van der Waals surface area contributed by atoms with Crippen molar-refractivity contribution in [2.45, 2.75) is 38.1 Å². The molecule has 88 valence electrons. The minimum atomic E-state index is 0.276. The number of aliphatic hydroxyl groups is 1. The van der Waals surface area contributed by atoms with Crippen LogP contribution >= 0.6 is 0 Å². The van der Waals surface area contributed by atoms with Crippen molar-refractivity contribution in [2.75, 3.05) is 13.2 Å². The Kier molecular flexibility index (Phi) is 3.97. The van der Waals surface area contributed by atoms with Crippen LogP contribution in [0, 0.1) is 0 Å². The van der Waals surface area contributed by atoms with E-state index in [4.69, 9.17) is 5.11 Å². The van der Waals surface area contributed by atoms with E-state index in [1.165, 1.54) is 24.0 Å². The molecule has 2 rings (SSSR count). The molecule has 2 atom stereocenters. The van der Waals surface area contributed by atoms with Crippen LogP contribution in [-0.2, 0) is 0 Å². The van der Waals surface area contributed by atoms with E-state index in [-0.39, 0.29) is 6.61 Å². The highest BCUT2D eigenvalue weighted by Crippen LogP contribution is 2.36. The quantitative estimate of drug-likeness (QED) is 0.763. The number of hydrogen-bond acceptors (Lipinski definition) is 2. The molecule has 2 heteroatoms. The number of hydrogen-bond donors (Lipinski definition) is 2. The molecule has 0 radical (unpaired) electrons. The second-order valence-electron chi connectivity index (χ2n) is 4.69. The summed E-state index contributed by atoms with van der Waals surface area (Å²) in [5, 5.41) is 12.3. The lowest BCUT2D eigenvalue weighted by Gasteiger charge is -2.30. The largest absolute Gasteiger partial charge is 0.396 e. The fourth-order valence-electron chi connectivity index (χ4n) is 2.57. The monoisotopic (exact) mass is 219 g/mol. The molecular formula is C14H21NO. The molecule has 2 unspecified atom stereocenters. The van der Waals surface area contributed by atoms with Crippen molar-refractivity contribution in [3.05, 3.63) is 35.4 Å². The van der Waals surface area contributed by atoms with Crippen LogP contribution in [0.1, 0.15) is 49.3 Å². The van der Waals surface area contributed by atoms with Gasteiger partial charge in [-0.25, -0.2) is 0 Å². The third kappa shape index (κ3) is 2.45. The summed E-state index contributed by atoms with van der Waals surface area (Å²) >= 11 is 0. The molecule has 0 spiro atoms. The fraction of sp³-hybridized carbons (Fsp3) is 0.571. The molecule has 1 aliphatic rings. The van der Waals surface area contributed by atoms with Gasteiger partial charge in [-0.1, -0.05) is 31.2 Å². The van der Waals surface area contributed by atoms with Crippen LogP contribution in [0.2, 0.25) is 0 Å². The van der Waals surface area contributed by atoms with Crippen LogP contribution in [0.15, 0.2) is 24.3 Å². The van der Waals surface area contributed by atoms with Gasteiger partial charge in [0.2, 0.25) is 0 Å². The summed E-state index contributed by atoms with van der Waals surface area (Å²) in [4.78, 5) is 0. The van der Waals surface area contributed by atoms with Crippen molar-refractivity contribution in [2.24, 2.45) is 0 Å². The van der Waals surface area contributed by atoms with Crippen molar-refractivity contribution >= 4 is 0 Å². The molecule has 2 N–H and O–H groups in total. The van der Waals surface area contributed by atoms with Crippen LogP contribution < -0.4 is 5.32 Å². The second kappa shape index (κ2) is 5.46. The van der Waals surface area contributed by atoms with Crippen molar-refractivity contribution in [1.29, 1.82) is 0 Å². The van der Waals surface area contributed by atoms with Gasteiger partial charge >= 0.3 is 0 Å². The maximum absolute atomic E-state index is 8.79. The molecule has 0 saturated carbocycles. The normalized spacial score (nSPS) is 24.1. The molecule has 2 nitrogen and oxygen atoms in total. The number of rotatable bonds is 4. The lowest BCUT2D eigenvalue weighted by molar-refractivity contribution is 0.281. The van der Waals surface area contributed by atoms with E-state index < -0.39 is 0 Å². The van der Waals surface area contributed by atoms with E-state index in [0.29, 0.717) is 12.0 Å². The molecule has 1 aromatic carbocycles. The average molecular weight is 219 g/mol. The van der Waals surface area contributed by atoms with E-state index in [1.54, 1.807) is 0 Å². The maximum Gasteiger partial charge on any atom is 0.0443 e. The summed E-state index contributed by atoms with van der Waals surface area (Å²) in [6.45, 7) is 3.49. The molecule has 1 aliphatic carbocycles. The first kappa shape index (κ1) is 11.6. The smallest absolute Gasteiger partial charge is 0.0443 e. The third-order valence-electron chi connectivity index (χ3n) is 3.52. The van der Waals surface area contributed by atoms with Crippen LogP contribution in [-0.4, -0.2) is 18.3 Å². The summed E-state index contributed by atoms with van der Waals surface area (Å²) in [5.41, 5.74) is 2.95. The molecule has 16 heavy (non-hydrogen) atoms. The van der Waals surface area contributed by atoms with Gasteiger partial charge < -0.3 is 10.4 Å². The fourth-order valence-corrected chi connectivity index (χ4v) is 2.57. The van der Waals surface area contributed by atoms with E-state index in [2.05, 4.69) is 36.5 Å². The Morgan fingerprint density at radius 3 is 2.75 bits per heavy atom. The lowest BCUT2D eigenvalue weighted by Crippen LogP contribution is -2.27. The van der Waals surface area contributed by atoms with Gasteiger partial charge in [-0.2, -0.15) is 0 Å². The number of nitrogens with one attached hydrogen (secondary N) is 1.